The van der Waals surface area contributed by atoms with E-state index < -0.39 is 17.7 Å². The zero-order chi connectivity index (χ0) is 26.7. The maximum atomic E-state index is 13.4. The number of aliphatic hydroxyl groups excluding tert-OH is 1. The lowest BCUT2D eigenvalue weighted by Crippen LogP contribution is -2.31. The Morgan fingerprint density at radius 3 is 2.65 bits per heavy atom. The third-order valence-electron chi connectivity index (χ3n) is 6.51. The number of carbonyl (C=O) groups is 2. The van der Waals surface area contributed by atoms with E-state index >= 15 is 0 Å². The molecule has 2 heterocycles. The highest BCUT2D eigenvalue weighted by Crippen LogP contribution is 2.42. The van der Waals surface area contributed by atoms with Gasteiger partial charge in [-0.05, 0) is 75.6 Å². The molecule has 1 fully saturated rings. The third kappa shape index (κ3) is 5.44. The van der Waals surface area contributed by atoms with Gasteiger partial charge in [-0.2, -0.15) is 0 Å². The lowest BCUT2D eigenvalue weighted by atomic mass is 9.94. The number of carbonyl (C=O) groups excluding carboxylic acids is 2. The second-order valence-corrected chi connectivity index (χ2v) is 9.56. The molecule has 4 rings (SSSR count). The zero-order valence-corrected chi connectivity index (χ0v) is 22.1. The average Bonchev–Trinajstić information content (AvgIpc) is 3.37. The fourth-order valence-electron chi connectivity index (χ4n) is 4.87. The van der Waals surface area contributed by atoms with Crippen LogP contribution < -0.4 is 14.2 Å². The molecule has 1 amide bonds. The summed E-state index contributed by atoms with van der Waals surface area (Å²) in [5, 5.41) is 11.4. The number of Topliss-reactive ketones (excluding diaryl/α,β-unsaturated/α-hetero) is 1. The number of nitrogens with zero attached hydrogens (tertiary/aromatic N) is 1. The van der Waals surface area contributed by atoms with E-state index in [1.807, 2.05) is 33.8 Å². The Bertz CT molecular complexity index is 1200. The Morgan fingerprint density at radius 1 is 1.16 bits per heavy atom. The van der Waals surface area contributed by atoms with Crippen molar-refractivity contribution in [2.45, 2.75) is 58.8 Å². The molecule has 0 spiro atoms. The van der Waals surface area contributed by atoms with Crippen molar-refractivity contribution in [2.24, 2.45) is 0 Å². The standard InChI is InChI=1S/C29H35NO7/c1-6-35-24-16-19(8-11-23(24)34-5)26-25(28(32)29(33)30(26)12-7-13-36-17(2)3)27(31)20-9-10-22-21(15-20)14-18(4)37-22/h8-11,15-18,26,31H,6-7,12-14H2,1-5H3/b27-25+. The van der Waals surface area contributed by atoms with Gasteiger partial charge in [0.15, 0.2) is 11.5 Å². The fraction of sp³-hybridized carbons (Fsp3) is 0.448. The van der Waals surface area contributed by atoms with E-state index in [1.54, 1.807) is 37.4 Å². The van der Waals surface area contributed by atoms with Crippen LogP contribution in [-0.2, 0) is 20.7 Å². The first kappa shape index (κ1) is 26.5. The summed E-state index contributed by atoms with van der Waals surface area (Å²) in [7, 11) is 1.55. The number of aliphatic hydroxyl groups is 1. The largest absolute Gasteiger partial charge is 0.507 e. The van der Waals surface area contributed by atoms with E-state index in [-0.39, 0.29) is 23.5 Å². The summed E-state index contributed by atoms with van der Waals surface area (Å²) >= 11 is 0. The van der Waals surface area contributed by atoms with Crippen LogP contribution in [0.1, 0.15) is 56.8 Å². The van der Waals surface area contributed by atoms with E-state index in [0.717, 1.165) is 11.3 Å². The van der Waals surface area contributed by atoms with Gasteiger partial charge in [0.1, 0.15) is 17.6 Å². The molecule has 198 valence electrons. The Balaban J connectivity index is 1.78. The van der Waals surface area contributed by atoms with E-state index in [2.05, 4.69) is 0 Å². The van der Waals surface area contributed by atoms with Crippen molar-refractivity contribution < 1.29 is 33.6 Å². The molecule has 0 bridgehead atoms. The summed E-state index contributed by atoms with van der Waals surface area (Å²) in [6, 6.07) is 9.86. The number of hydrogen-bond donors (Lipinski definition) is 1. The number of likely N-dealkylation sites (tertiary alicyclic amines) is 1. The molecule has 37 heavy (non-hydrogen) atoms. The summed E-state index contributed by atoms with van der Waals surface area (Å²) in [5.41, 5.74) is 2.12. The minimum Gasteiger partial charge on any atom is -0.507 e. The maximum absolute atomic E-state index is 13.4. The molecule has 8 heteroatoms. The van der Waals surface area contributed by atoms with Crippen LogP contribution in [0.5, 0.6) is 17.2 Å². The molecule has 8 nitrogen and oxygen atoms in total. The SMILES string of the molecule is CCOc1cc(C2/C(=C(\O)c3ccc4c(c3)CC(C)O4)C(=O)C(=O)N2CCCOC(C)C)ccc1OC. The van der Waals surface area contributed by atoms with E-state index in [4.69, 9.17) is 18.9 Å². The number of ether oxygens (including phenoxy) is 4. The Morgan fingerprint density at radius 2 is 1.95 bits per heavy atom. The Kier molecular flexibility index (Phi) is 8.07. The van der Waals surface area contributed by atoms with Gasteiger partial charge in [0, 0.05) is 25.1 Å². The highest BCUT2D eigenvalue weighted by molar-refractivity contribution is 6.46. The first-order chi connectivity index (χ1) is 17.7. The molecule has 2 unspecified atom stereocenters. The van der Waals surface area contributed by atoms with Crippen molar-refractivity contribution in [3.63, 3.8) is 0 Å². The number of benzene rings is 2. The summed E-state index contributed by atoms with van der Waals surface area (Å²) in [4.78, 5) is 28.1. The number of amides is 1. The van der Waals surface area contributed by atoms with Gasteiger partial charge >= 0.3 is 0 Å². The van der Waals surface area contributed by atoms with E-state index in [9.17, 15) is 14.7 Å². The number of rotatable bonds is 10. The van der Waals surface area contributed by atoms with Crippen molar-refractivity contribution in [3.8, 4) is 17.2 Å². The first-order valence-electron chi connectivity index (χ1n) is 12.8. The predicted molar refractivity (Wildman–Crippen MR) is 139 cm³/mol. The molecule has 2 aliphatic rings. The van der Waals surface area contributed by atoms with Crippen LogP contribution in [0.4, 0.5) is 0 Å². The average molecular weight is 510 g/mol. The molecular weight excluding hydrogens is 474 g/mol. The van der Waals surface area contributed by atoms with Gasteiger partial charge in [0.2, 0.25) is 0 Å². The monoisotopic (exact) mass is 509 g/mol. The zero-order valence-electron chi connectivity index (χ0n) is 22.1. The van der Waals surface area contributed by atoms with Crippen LogP contribution in [0.3, 0.4) is 0 Å². The summed E-state index contributed by atoms with van der Waals surface area (Å²) in [6.45, 7) is 8.90. The van der Waals surface area contributed by atoms with Gasteiger partial charge in [0.25, 0.3) is 11.7 Å². The second kappa shape index (κ2) is 11.3. The Labute approximate surface area is 217 Å². The molecule has 0 radical (unpaired) electrons. The molecule has 2 atom stereocenters. The predicted octanol–water partition coefficient (Wildman–Crippen LogP) is 4.65. The smallest absolute Gasteiger partial charge is 0.295 e. The molecule has 1 N–H and O–H groups in total. The van der Waals surface area contributed by atoms with Gasteiger partial charge < -0.3 is 29.0 Å². The topological polar surface area (TPSA) is 94.5 Å². The van der Waals surface area contributed by atoms with Crippen LogP contribution >= 0.6 is 0 Å². The molecule has 1 saturated heterocycles. The lowest BCUT2D eigenvalue weighted by Gasteiger charge is -2.26. The Hall–Kier alpha value is -3.52. The van der Waals surface area contributed by atoms with Gasteiger partial charge in [-0.3, -0.25) is 9.59 Å². The van der Waals surface area contributed by atoms with Crippen molar-refractivity contribution in [3.05, 3.63) is 58.7 Å². The fourth-order valence-corrected chi connectivity index (χ4v) is 4.87. The van der Waals surface area contributed by atoms with Gasteiger partial charge in [0.05, 0.1) is 31.4 Å². The van der Waals surface area contributed by atoms with Gasteiger partial charge in [-0.15, -0.1) is 0 Å². The van der Waals surface area contributed by atoms with Crippen LogP contribution in [0, 0.1) is 0 Å². The number of hydrogen-bond acceptors (Lipinski definition) is 7. The molecule has 2 aromatic carbocycles. The van der Waals surface area contributed by atoms with E-state index in [0.29, 0.717) is 55.2 Å². The second-order valence-electron chi connectivity index (χ2n) is 9.56. The van der Waals surface area contributed by atoms with Gasteiger partial charge in [-0.1, -0.05) is 6.07 Å². The van der Waals surface area contributed by atoms with E-state index in [1.165, 1.54) is 4.90 Å². The van der Waals surface area contributed by atoms with Crippen LogP contribution in [-0.4, -0.2) is 60.8 Å². The molecule has 0 aromatic heterocycles. The van der Waals surface area contributed by atoms with Crippen LogP contribution in [0.25, 0.3) is 5.76 Å². The summed E-state index contributed by atoms with van der Waals surface area (Å²) in [5.74, 6) is 0.234. The lowest BCUT2D eigenvalue weighted by molar-refractivity contribution is -0.140. The van der Waals surface area contributed by atoms with Crippen LogP contribution in [0.2, 0.25) is 0 Å². The van der Waals surface area contributed by atoms with Crippen molar-refractivity contribution >= 4 is 17.4 Å². The number of methoxy groups -OCH3 is 1. The van der Waals surface area contributed by atoms with Crippen molar-refractivity contribution in [2.75, 3.05) is 26.9 Å². The molecule has 2 aliphatic heterocycles. The van der Waals surface area contributed by atoms with Crippen LogP contribution in [0.15, 0.2) is 42.0 Å². The molecule has 0 saturated carbocycles. The van der Waals surface area contributed by atoms with Crippen molar-refractivity contribution in [1.29, 1.82) is 0 Å². The van der Waals surface area contributed by atoms with Crippen molar-refractivity contribution in [1.82, 2.24) is 4.90 Å². The quantitative estimate of drug-likeness (QED) is 0.216. The molecule has 2 aromatic rings. The first-order valence-corrected chi connectivity index (χ1v) is 12.8. The minimum absolute atomic E-state index is 0.0438. The summed E-state index contributed by atoms with van der Waals surface area (Å²) < 4.78 is 22.6. The molecular formula is C29H35NO7. The molecule has 0 aliphatic carbocycles. The maximum Gasteiger partial charge on any atom is 0.295 e. The highest BCUT2D eigenvalue weighted by Gasteiger charge is 2.46. The van der Waals surface area contributed by atoms with Gasteiger partial charge in [-0.25, -0.2) is 0 Å². The minimum atomic E-state index is -0.785. The number of ketones is 1. The number of fused-ring (bicyclic) bond motifs is 1. The highest BCUT2D eigenvalue weighted by atomic mass is 16.5. The summed E-state index contributed by atoms with van der Waals surface area (Å²) in [6.07, 6.45) is 1.36. The third-order valence-corrected chi connectivity index (χ3v) is 6.51. The normalized spacial score (nSPS) is 20.3.